The van der Waals surface area contributed by atoms with Crippen LogP contribution in [0.4, 0.5) is 0 Å². The van der Waals surface area contributed by atoms with E-state index in [0.29, 0.717) is 22.7 Å². The minimum Gasteiger partial charge on any atom is -0.393 e. The summed E-state index contributed by atoms with van der Waals surface area (Å²) < 4.78 is 0. The fraction of sp³-hybridized carbons (Fsp3) is 1.00. The normalized spacial score (nSPS) is 53.3. The summed E-state index contributed by atoms with van der Waals surface area (Å²) in [4.78, 5) is 0. The van der Waals surface area contributed by atoms with Crippen LogP contribution in [0.2, 0.25) is 0 Å². The van der Waals surface area contributed by atoms with Crippen molar-refractivity contribution in [2.75, 3.05) is 6.54 Å². The maximum absolute atomic E-state index is 11.7. The highest BCUT2D eigenvalue weighted by molar-refractivity contribution is 5.13. The zero-order valence-corrected chi connectivity index (χ0v) is 18.4. The van der Waals surface area contributed by atoms with Crippen LogP contribution >= 0.6 is 0 Å². The van der Waals surface area contributed by atoms with Gasteiger partial charge in [0, 0.05) is 0 Å². The Kier molecular flexibility index (Phi) is 5.47. The highest BCUT2D eigenvalue weighted by Crippen LogP contribution is 2.69. The summed E-state index contributed by atoms with van der Waals surface area (Å²) in [7, 11) is 0. The second kappa shape index (κ2) is 7.31. The summed E-state index contributed by atoms with van der Waals surface area (Å²) >= 11 is 0. The highest BCUT2D eigenvalue weighted by Gasteiger charge is 2.64. The fourth-order valence-electron chi connectivity index (χ4n) is 9.48. The van der Waals surface area contributed by atoms with E-state index in [9.17, 15) is 5.11 Å². The Balaban J connectivity index is 1.67. The summed E-state index contributed by atoms with van der Waals surface area (Å²) in [6, 6.07) is 0. The first-order valence-corrected chi connectivity index (χ1v) is 12.3. The Morgan fingerprint density at radius 3 is 2.41 bits per heavy atom. The van der Waals surface area contributed by atoms with Gasteiger partial charge in [-0.2, -0.15) is 0 Å². The van der Waals surface area contributed by atoms with Gasteiger partial charge in [-0.1, -0.05) is 47.0 Å². The number of aliphatic hydroxyl groups is 1. The lowest BCUT2D eigenvalue weighted by Gasteiger charge is -2.64. The number of hydrogen-bond acceptors (Lipinski definition) is 2. The van der Waals surface area contributed by atoms with E-state index < -0.39 is 0 Å². The van der Waals surface area contributed by atoms with Crippen molar-refractivity contribution in [1.29, 1.82) is 0 Å². The van der Waals surface area contributed by atoms with Crippen molar-refractivity contribution in [3.05, 3.63) is 0 Å². The van der Waals surface area contributed by atoms with Crippen molar-refractivity contribution >= 4 is 0 Å². The molecule has 0 aliphatic heterocycles. The van der Waals surface area contributed by atoms with Gasteiger partial charge in [-0.3, -0.25) is 0 Å². The van der Waals surface area contributed by atoms with Crippen LogP contribution in [-0.2, 0) is 0 Å². The molecular formula is C25H45NO. The second-order valence-corrected chi connectivity index (χ2v) is 11.5. The minimum atomic E-state index is -0.0515. The maximum atomic E-state index is 11.7. The summed E-state index contributed by atoms with van der Waals surface area (Å²) in [5, 5.41) is 11.7. The molecule has 0 radical (unpaired) electrons. The molecule has 0 aromatic heterocycles. The average molecular weight is 376 g/mol. The van der Waals surface area contributed by atoms with Crippen LogP contribution < -0.4 is 5.73 Å². The second-order valence-electron chi connectivity index (χ2n) is 11.5. The van der Waals surface area contributed by atoms with Crippen molar-refractivity contribution in [3.63, 3.8) is 0 Å². The van der Waals surface area contributed by atoms with Gasteiger partial charge in [0.25, 0.3) is 0 Å². The quantitative estimate of drug-likeness (QED) is 0.669. The first kappa shape index (κ1) is 20.2. The van der Waals surface area contributed by atoms with Crippen LogP contribution in [0.1, 0.15) is 91.9 Å². The lowest BCUT2D eigenvalue weighted by molar-refractivity contribution is -0.194. The lowest BCUT2D eigenvalue weighted by Crippen LogP contribution is -2.61. The van der Waals surface area contributed by atoms with E-state index in [2.05, 4.69) is 27.7 Å². The molecule has 10 atom stereocenters. The van der Waals surface area contributed by atoms with Crippen molar-refractivity contribution in [3.8, 4) is 0 Å². The Morgan fingerprint density at radius 2 is 1.70 bits per heavy atom. The van der Waals surface area contributed by atoms with Crippen LogP contribution in [0, 0.1) is 52.3 Å². The Labute approximate surface area is 168 Å². The Hall–Kier alpha value is -0.0800. The van der Waals surface area contributed by atoms with Gasteiger partial charge in [0.1, 0.15) is 0 Å². The predicted octanol–water partition coefficient (Wildman–Crippen LogP) is 5.63. The molecular weight excluding hydrogens is 330 g/mol. The van der Waals surface area contributed by atoms with Gasteiger partial charge in [0.15, 0.2) is 0 Å². The third-order valence-corrected chi connectivity index (χ3v) is 10.7. The first-order valence-electron chi connectivity index (χ1n) is 12.3. The highest BCUT2D eigenvalue weighted by atomic mass is 16.3. The number of hydrogen-bond donors (Lipinski definition) is 2. The number of fused-ring (bicyclic) bond motifs is 5. The van der Waals surface area contributed by atoms with Gasteiger partial charge in [0.2, 0.25) is 0 Å². The lowest BCUT2D eigenvalue weighted by atomic mass is 9.41. The number of nitrogens with two attached hydrogens (primary N) is 1. The Bertz CT molecular complexity index is 534. The molecule has 4 fully saturated rings. The van der Waals surface area contributed by atoms with Gasteiger partial charge in [-0.25, -0.2) is 0 Å². The molecule has 4 rings (SSSR count). The SMILES string of the molecule is CC[C@H]1[C@@H](O)[C@@H]2[C@H](CC[C@]3(C)[C@@H]([C@H](C)CCN)CC[C@@H]23)[C@@]2(C)CCCC[C@@H]12. The Morgan fingerprint density at radius 1 is 0.963 bits per heavy atom. The van der Waals surface area contributed by atoms with Crippen molar-refractivity contribution in [2.24, 2.45) is 58.0 Å². The monoisotopic (exact) mass is 375 g/mol. The molecule has 27 heavy (non-hydrogen) atoms. The molecule has 156 valence electrons. The van der Waals surface area contributed by atoms with Gasteiger partial charge in [-0.15, -0.1) is 0 Å². The van der Waals surface area contributed by atoms with Crippen LogP contribution in [0.25, 0.3) is 0 Å². The van der Waals surface area contributed by atoms with Crippen molar-refractivity contribution in [2.45, 2.75) is 98.0 Å². The van der Waals surface area contributed by atoms with E-state index in [-0.39, 0.29) is 6.10 Å². The van der Waals surface area contributed by atoms with Gasteiger partial charge in [0.05, 0.1) is 6.10 Å². The van der Waals surface area contributed by atoms with Gasteiger partial charge in [-0.05, 0) is 104 Å². The molecule has 0 spiro atoms. The van der Waals surface area contributed by atoms with Crippen LogP contribution in [-0.4, -0.2) is 17.8 Å². The smallest absolute Gasteiger partial charge is 0.0605 e. The maximum Gasteiger partial charge on any atom is 0.0605 e. The summed E-state index contributed by atoms with van der Waals surface area (Å²) in [5.74, 6) is 4.93. The summed E-state index contributed by atoms with van der Waals surface area (Å²) in [6.07, 6.45) is 13.4. The third kappa shape index (κ3) is 2.87. The van der Waals surface area contributed by atoms with Crippen molar-refractivity contribution in [1.82, 2.24) is 0 Å². The fourth-order valence-corrected chi connectivity index (χ4v) is 9.48. The molecule has 0 bridgehead atoms. The molecule has 0 aromatic carbocycles. The van der Waals surface area contributed by atoms with E-state index in [1.807, 2.05) is 0 Å². The van der Waals surface area contributed by atoms with E-state index in [1.54, 1.807) is 0 Å². The van der Waals surface area contributed by atoms with Crippen molar-refractivity contribution < 1.29 is 5.11 Å². The summed E-state index contributed by atoms with van der Waals surface area (Å²) in [6.45, 7) is 10.8. The zero-order valence-electron chi connectivity index (χ0n) is 18.4. The molecule has 2 heteroatoms. The van der Waals surface area contributed by atoms with Crippen LogP contribution in [0.3, 0.4) is 0 Å². The molecule has 3 N–H and O–H groups in total. The molecule has 4 aliphatic rings. The van der Waals surface area contributed by atoms with E-state index in [4.69, 9.17) is 5.73 Å². The van der Waals surface area contributed by atoms with Gasteiger partial charge >= 0.3 is 0 Å². The van der Waals surface area contributed by atoms with E-state index in [1.165, 1.54) is 64.2 Å². The molecule has 2 nitrogen and oxygen atoms in total. The molecule has 0 unspecified atom stereocenters. The zero-order chi connectivity index (χ0) is 19.4. The molecule has 0 saturated heterocycles. The first-order chi connectivity index (χ1) is 12.9. The molecule has 0 aromatic rings. The van der Waals surface area contributed by atoms with E-state index >= 15 is 0 Å². The topological polar surface area (TPSA) is 46.2 Å². The summed E-state index contributed by atoms with van der Waals surface area (Å²) in [5.41, 5.74) is 6.85. The molecule has 0 heterocycles. The predicted molar refractivity (Wildman–Crippen MR) is 113 cm³/mol. The standard InChI is InChI=1S/C25H45NO/c1-5-17-19-8-6-7-13-24(19,3)21-11-14-25(4)18(16(2)12-15-26)9-10-20(25)22(21)23(17)27/h16-23,27H,5-15,26H2,1-4H3/t16-,17-,18-,19+,20+,21+,22+,23-,24+,25-/m1/s1. The number of rotatable bonds is 4. The molecule has 0 amide bonds. The molecule has 4 saturated carbocycles. The van der Waals surface area contributed by atoms with E-state index in [0.717, 1.165) is 36.1 Å². The average Bonchev–Trinajstić information content (AvgIpc) is 3.00. The van der Waals surface area contributed by atoms with Crippen LogP contribution in [0.15, 0.2) is 0 Å². The van der Waals surface area contributed by atoms with Crippen LogP contribution in [0.5, 0.6) is 0 Å². The molecule has 4 aliphatic carbocycles. The minimum absolute atomic E-state index is 0.0515. The third-order valence-electron chi connectivity index (χ3n) is 10.7. The van der Waals surface area contributed by atoms with Gasteiger partial charge < -0.3 is 10.8 Å². The largest absolute Gasteiger partial charge is 0.393 e. The number of aliphatic hydroxyl groups excluding tert-OH is 1.